The van der Waals surface area contributed by atoms with E-state index >= 15 is 0 Å². The summed E-state index contributed by atoms with van der Waals surface area (Å²) < 4.78 is 34.0. The largest absolute Gasteiger partial charge is 0.494 e. The standard InChI is InChI=1S/C27H30ClN3O5S/c1-4-36-24-13-15-25(16-14-24)37(34,35)31(23-11-6-5-7-12-23)19-26(32)30(20(2)27(33)29-3)18-21-9-8-10-22(28)17-21/h5-17,20H,4,18-19H2,1-3H3,(H,29,33)/t20-/m1/s1. The first-order chi connectivity index (χ1) is 17.7. The number of amides is 2. The van der Waals surface area contributed by atoms with E-state index in [1.54, 1.807) is 73.7 Å². The summed E-state index contributed by atoms with van der Waals surface area (Å²) >= 11 is 6.12. The summed E-state index contributed by atoms with van der Waals surface area (Å²) in [5, 5.41) is 3.04. The number of halogens is 1. The molecule has 0 fully saturated rings. The van der Waals surface area contributed by atoms with Gasteiger partial charge in [-0.3, -0.25) is 13.9 Å². The van der Waals surface area contributed by atoms with Crippen LogP contribution in [0.2, 0.25) is 5.02 Å². The van der Waals surface area contributed by atoms with Crippen molar-refractivity contribution < 1.29 is 22.7 Å². The molecule has 2 amide bonds. The molecule has 0 aliphatic rings. The minimum absolute atomic E-state index is 0.00773. The van der Waals surface area contributed by atoms with Crippen LogP contribution >= 0.6 is 11.6 Å². The molecule has 0 aliphatic carbocycles. The molecule has 1 atom stereocenters. The quantitative estimate of drug-likeness (QED) is 0.393. The van der Waals surface area contributed by atoms with Gasteiger partial charge in [-0.05, 0) is 67.9 Å². The highest BCUT2D eigenvalue weighted by Crippen LogP contribution is 2.26. The molecule has 0 saturated carbocycles. The number of sulfonamides is 1. The Morgan fingerprint density at radius 2 is 1.68 bits per heavy atom. The van der Waals surface area contributed by atoms with Crippen molar-refractivity contribution in [3.05, 3.63) is 89.4 Å². The van der Waals surface area contributed by atoms with Gasteiger partial charge in [0.25, 0.3) is 10.0 Å². The minimum atomic E-state index is -4.14. The van der Waals surface area contributed by atoms with Crippen LogP contribution in [0.4, 0.5) is 5.69 Å². The third-order valence-electron chi connectivity index (χ3n) is 5.70. The number of para-hydroxylation sites is 1. The van der Waals surface area contributed by atoms with Gasteiger partial charge in [-0.2, -0.15) is 0 Å². The van der Waals surface area contributed by atoms with Crippen molar-refractivity contribution in [3.8, 4) is 5.75 Å². The van der Waals surface area contributed by atoms with Gasteiger partial charge in [-0.25, -0.2) is 8.42 Å². The third kappa shape index (κ3) is 7.02. The normalized spacial score (nSPS) is 11.9. The summed E-state index contributed by atoms with van der Waals surface area (Å²) in [5.74, 6) is -0.388. The highest BCUT2D eigenvalue weighted by Gasteiger charge is 2.32. The summed E-state index contributed by atoms with van der Waals surface area (Å²) in [6.07, 6.45) is 0. The fourth-order valence-electron chi connectivity index (χ4n) is 3.75. The molecule has 37 heavy (non-hydrogen) atoms. The predicted molar refractivity (Wildman–Crippen MR) is 144 cm³/mol. The Morgan fingerprint density at radius 1 is 1.00 bits per heavy atom. The van der Waals surface area contributed by atoms with Gasteiger partial charge in [0.15, 0.2) is 0 Å². The van der Waals surface area contributed by atoms with Crippen molar-refractivity contribution in [1.82, 2.24) is 10.2 Å². The van der Waals surface area contributed by atoms with Crippen LogP contribution in [0.5, 0.6) is 5.75 Å². The Bertz CT molecular complexity index is 1320. The predicted octanol–water partition coefficient (Wildman–Crippen LogP) is 4.10. The van der Waals surface area contributed by atoms with Crippen molar-refractivity contribution >= 4 is 39.1 Å². The van der Waals surface area contributed by atoms with Gasteiger partial charge in [-0.1, -0.05) is 41.9 Å². The average Bonchev–Trinajstić information content (AvgIpc) is 2.90. The molecule has 0 spiro atoms. The van der Waals surface area contributed by atoms with Crippen LogP contribution in [0, 0.1) is 0 Å². The molecule has 3 aromatic carbocycles. The molecule has 1 N–H and O–H groups in total. The minimum Gasteiger partial charge on any atom is -0.494 e. The first kappa shape index (κ1) is 28.0. The molecular formula is C27H30ClN3O5S. The lowest BCUT2D eigenvalue weighted by molar-refractivity contribution is -0.139. The van der Waals surface area contributed by atoms with E-state index in [9.17, 15) is 18.0 Å². The van der Waals surface area contributed by atoms with Crippen LogP contribution in [-0.2, 0) is 26.2 Å². The number of hydrogen-bond acceptors (Lipinski definition) is 5. The highest BCUT2D eigenvalue weighted by molar-refractivity contribution is 7.92. The number of nitrogens with zero attached hydrogens (tertiary/aromatic N) is 2. The van der Waals surface area contributed by atoms with Gasteiger partial charge in [0.2, 0.25) is 11.8 Å². The van der Waals surface area contributed by atoms with Crippen molar-refractivity contribution in [2.24, 2.45) is 0 Å². The van der Waals surface area contributed by atoms with Crippen molar-refractivity contribution in [3.63, 3.8) is 0 Å². The van der Waals surface area contributed by atoms with Crippen LogP contribution in [0.15, 0.2) is 83.8 Å². The van der Waals surface area contributed by atoms with Crippen molar-refractivity contribution in [2.75, 3.05) is 24.5 Å². The number of carbonyl (C=O) groups is 2. The monoisotopic (exact) mass is 543 g/mol. The second-order valence-electron chi connectivity index (χ2n) is 8.19. The Labute approximate surface area is 222 Å². The molecule has 0 heterocycles. The lowest BCUT2D eigenvalue weighted by Gasteiger charge is -2.31. The van der Waals surface area contributed by atoms with Gasteiger partial charge >= 0.3 is 0 Å². The molecule has 8 nitrogen and oxygen atoms in total. The van der Waals surface area contributed by atoms with E-state index in [4.69, 9.17) is 16.3 Å². The second-order valence-corrected chi connectivity index (χ2v) is 10.5. The molecular weight excluding hydrogens is 514 g/mol. The topological polar surface area (TPSA) is 96.0 Å². The van der Waals surface area contributed by atoms with Gasteiger partial charge in [0.1, 0.15) is 18.3 Å². The number of rotatable bonds is 11. The first-order valence-electron chi connectivity index (χ1n) is 11.7. The van der Waals surface area contributed by atoms with E-state index in [1.165, 1.54) is 24.1 Å². The van der Waals surface area contributed by atoms with Gasteiger partial charge in [-0.15, -0.1) is 0 Å². The van der Waals surface area contributed by atoms with Gasteiger partial charge in [0.05, 0.1) is 17.2 Å². The molecule has 0 unspecified atom stereocenters. The number of benzene rings is 3. The summed E-state index contributed by atoms with van der Waals surface area (Å²) in [4.78, 5) is 27.5. The smallest absolute Gasteiger partial charge is 0.264 e. The molecule has 0 saturated heterocycles. The zero-order valence-electron chi connectivity index (χ0n) is 20.9. The van der Waals surface area contributed by atoms with Gasteiger partial charge in [0, 0.05) is 18.6 Å². The van der Waals surface area contributed by atoms with Gasteiger partial charge < -0.3 is 15.0 Å². The first-order valence-corrected chi connectivity index (χ1v) is 13.5. The summed E-state index contributed by atoms with van der Waals surface area (Å²) in [7, 11) is -2.66. The summed E-state index contributed by atoms with van der Waals surface area (Å²) in [6, 6.07) is 20.5. The maximum Gasteiger partial charge on any atom is 0.264 e. The molecule has 0 aliphatic heterocycles. The number of likely N-dealkylation sites (N-methyl/N-ethyl adjacent to an activating group) is 1. The molecule has 196 valence electrons. The molecule has 3 aromatic rings. The second kappa shape index (κ2) is 12.6. The van der Waals surface area contributed by atoms with E-state index < -0.39 is 28.5 Å². The molecule has 10 heteroatoms. The Hall–Kier alpha value is -3.56. The fraction of sp³-hybridized carbons (Fsp3) is 0.259. The molecule has 0 radical (unpaired) electrons. The third-order valence-corrected chi connectivity index (χ3v) is 7.72. The zero-order valence-corrected chi connectivity index (χ0v) is 22.5. The Balaban J connectivity index is 1.99. The molecule has 0 aromatic heterocycles. The van der Waals surface area contributed by atoms with Crippen LogP contribution in [0.3, 0.4) is 0 Å². The van der Waals surface area contributed by atoms with E-state index in [2.05, 4.69) is 5.32 Å². The average molecular weight is 544 g/mol. The number of ether oxygens (including phenoxy) is 1. The fourth-order valence-corrected chi connectivity index (χ4v) is 5.38. The molecule has 0 bridgehead atoms. The number of carbonyl (C=O) groups excluding carboxylic acids is 2. The van der Waals surface area contributed by atoms with Crippen LogP contribution in [0.1, 0.15) is 19.4 Å². The lowest BCUT2D eigenvalue weighted by Crippen LogP contribution is -2.50. The summed E-state index contributed by atoms with van der Waals surface area (Å²) in [5.41, 5.74) is 1.03. The Morgan fingerprint density at radius 3 is 2.27 bits per heavy atom. The van der Waals surface area contributed by atoms with Crippen molar-refractivity contribution in [1.29, 1.82) is 0 Å². The van der Waals surface area contributed by atoms with Crippen molar-refractivity contribution in [2.45, 2.75) is 31.3 Å². The van der Waals surface area contributed by atoms with Crippen LogP contribution in [-0.4, -0.2) is 51.4 Å². The summed E-state index contributed by atoms with van der Waals surface area (Å²) in [6.45, 7) is 3.43. The Kier molecular flexibility index (Phi) is 9.54. The van der Waals surface area contributed by atoms with E-state index in [0.717, 1.165) is 4.31 Å². The molecule has 3 rings (SSSR count). The van der Waals surface area contributed by atoms with E-state index in [-0.39, 0.29) is 17.3 Å². The van der Waals surface area contributed by atoms with E-state index in [1.807, 2.05) is 6.92 Å². The lowest BCUT2D eigenvalue weighted by atomic mass is 10.1. The van der Waals surface area contributed by atoms with Crippen LogP contribution < -0.4 is 14.4 Å². The zero-order chi connectivity index (χ0) is 27.0. The highest BCUT2D eigenvalue weighted by atomic mass is 35.5. The maximum atomic E-state index is 13.7. The number of hydrogen-bond donors (Lipinski definition) is 1. The number of nitrogens with one attached hydrogen (secondary N) is 1. The SMILES string of the molecule is CCOc1ccc(S(=O)(=O)N(CC(=O)N(Cc2cccc(Cl)c2)[C@H](C)C(=O)NC)c2ccccc2)cc1. The number of anilines is 1. The van der Waals surface area contributed by atoms with Crippen LogP contribution in [0.25, 0.3) is 0 Å². The maximum absolute atomic E-state index is 13.7. The van der Waals surface area contributed by atoms with E-state index in [0.29, 0.717) is 28.6 Å².